The van der Waals surface area contributed by atoms with E-state index in [1.54, 1.807) is 77.8 Å². The largest absolute Gasteiger partial charge is 0.497 e. The van der Waals surface area contributed by atoms with E-state index in [1.165, 1.54) is 0 Å². The summed E-state index contributed by atoms with van der Waals surface area (Å²) in [4.78, 5) is 16.5. The van der Waals surface area contributed by atoms with Crippen LogP contribution in [-0.4, -0.2) is 38.9 Å². The van der Waals surface area contributed by atoms with Gasteiger partial charge < -0.3 is 23.7 Å². The Labute approximate surface area is 181 Å². The molecule has 7 heteroatoms. The first kappa shape index (κ1) is 22.0. The Morgan fingerprint density at radius 1 is 0.935 bits per heavy atom. The van der Waals surface area contributed by atoms with Gasteiger partial charge in [0.25, 0.3) is 0 Å². The molecule has 0 atom stereocenters. The molecule has 162 valence electrons. The minimum atomic E-state index is -0.387. The van der Waals surface area contributed by atoms with Crippen molar-refractivity contribution in [2.75, 3.05) is 27.9 Å². The Hall–Kier alpha value is -3.74. The van der Waals surface area contributed by atoms with E-state index in [0.717, 1.165) is 5.39 Å². The molecule has 3 aromatic rings. The number of benzene rings is 2. The number of rotatable bonds is 8. The molecule has 31 heavy (non-hydrogen) atoms. The van der Waals surface area contributed by atoms with Crippen LogP contribution in [0.25, 0.3) is 17.0 Å². The van der Waals surface area contributed by atoms with Gasteiger partial charge in [0.2, 0.25) is 0 Å². The molecule has 0 spiro atoms. The van der Waals surface area contributed by atoms with Crippen molar-refractivity contribution in [3.05, 3.63) is 53.7 Å². The molecular formula is C24H25NO6. The highest BCUT2D eigenvalue weighted by Crippen LogP contribution is 2.38. The third-order valence-corrected chi connectivity index (χ3v) is 4.61. The summed E-state index contributed by atoms with van der Waals surface area (Å²) in [6, 6.07) is 10.8. The van der Waals surface area contributed by atoms with Gasteiger partial charge in [0.15, 0.2) is 11.5 Å². The van der Waals surface area contributed by atoms with E-state index in [4.69, 9.17) is 23.7 Å². The molecule has 1 heterocycles. The quantitative estimate of drug-likeness (QED) is 0.372. The predicted octanol–water partition coefficient (Wildman–Crippen LogP) is 5.02. The lowest BCUT2D eigenvalue weighted by Gasteiger charge is -2.14. The topological polar surface area (TPSA) is 76.1 Å². The number of hydrogen-bond donors (Lipinski definition) is 0. The number of ether oxygens (including phenoxy) is 5. The monoisotopic (exact) mass is 423 g/mol. The van der Waals surface area contributed by atoms with Crippen LogP contribution in [0.15, 0.2) is 48.2 Å². The number of pyridine rings is 1. The Kier molecular flexibility index (Phi) is 6.97. The maximum Gasteiger partial charge on any atom is 0.333 e. The number of nitrogens with zero attached hydrogens (tertiary/aromatic N) is 1. The van der Waals surface area contributed by atoms with E-state index < -0.39 is 0 Å². The highest BCUT2D eigenvalue weighted by atomic mass is 16.5. The lowest BCUT2D eigenvalue weighted by Crippen LogP contribution is -2.05. The van der Waals surface area contributed by atoms with Gasteiger partial charge in [-0.05, 0) is 50.3 Å². The van der Waals surface area contributed by atoms with Crippen LogP contribution < -0.4 is 18.9 Å². The molecule has 0 saturated carbocycles. The number of methoxy groups -OCH3 is 3. The summed E-state index contributed by atoms with van der Waals surface area (Å²) in [6.07, 6.45) is 3.37. The average Bonchev–Trinajstić information content (AvgIpc) is 2.79. The van der Waals surface area contributed by atoms with Crippen molar-refractivity contribution >= 4 is 22.9 Å². The van der Waals surface area contributed by atoms with E-state index in [2.05, 4.69) is 4.98 Å². The third-order valence-electron chi connectivity index (χ3n) is 4.61. The van der Waals surface area contributed by atoms with Crippen molar-refractivity contribution in [3.8, 4) is 28.7 Å². The van der Waals surface area contributed by atoms with Crippen molar-refractivity contribution < 1.29 is 28.5 Å². The van der Waals surface area contributed by atoms with Crippen LogP contribution in [0.1, 0.15) is 19.4 Å². The lowest BCUT2D eigenvalue weighted by molar-refractivity contribution is -0.138. The summed E-state index contributed by atoms with van der Waals surface area (Å²) < 4.78 is 27.4. The van der Waals surface area contributed by atoms with E-state index in [-0.39, 0.29) is 5.97 Å². The summed E-state index contributed by atoms with van der Waals surface area (Å²) >= 11 is 0. The molecular weight excluding hydrogens is 398 g/mol. The molecule has 0 bridgehead atoms. The fourth-order valence-electron chi connectivity index (χ4n) is 3.05. The fourth-order valence-corrected chi connectivity index (χ4v) is 3.05. The molecule has 0 saturated heterocycles. The van der Waals surface area contributed by atoms with Crippen molar-refractivity contribution in [3.63, 3.8) is 0 Å². The minimum Gasteiger partial charge on any atom is -0.497 e. The fraction of sp³-hybridized carbons (Fsp3) is 0.250. The van der Waals surface area contributed by atoms with Gasteiger partial charge in [-0.3, -0.25) is 4.98 Å². The summed E-state index contributed by atoms with van der Waals surface area (Å²) in [5.41, 5.74) is 1.82. The molecule has 0 N–H and O–H groups in total. The van der Waals surface area contributed by atoms with Gasteiger partial charge in [-0.15, -0.1) is 0 Å². The van der Waals surface area contributed by atoms with Crippen LogP contribution in [0.4, 0.5) is 0 Å². The molecule has 2 aromatic carbocycles. The van der Waals surface area contributed by atoms with Crippen LogP contribution >= 0.6 is 0 Å². The van der Waals surface area contributed by atoms with Gasteiger partial charge >= 0.3 is 5.97 Å². The van der Waals surface area contributed by atoms with Crippen molar-refractivity contribution in [2.45, 2.75) is 13.8 Å². The number of carbonyl (C=O) groups excluding carboxylic acids is 1. The van der Waals surface area contributed by atoms with Crippen LogP contribution in [-0.2, 0) is 9.53 Å². The zero-order valence-electron chi connectivity index (χ0n) is 18.2. The number of carbonyl (C=O) groups is 1. The maximum atomic E-state index is 12.1. The minimum absolute atomic E-state index is 0.305. The van der Waals surface area contributed by atoms with E-state index in [1.807, 2.05) is 6.07 Å². The molecule has 1 aromatic heterocycles. The second kappa shape index (κ2) is 9.84. The van der Waals surface area contributed by atoms with Gasteiger partial charge in [0.1, 0.15) is 17.2 Å². The molecule has 0 unspecified atom stereocenters. The Bertz CT molecular complexity index is 1120. The number of fused-ring (bicyclic) bond motifs is 1. The summed E-state index contributed by atoms with van der Waals surface area (Å²) in [5.74, 6) is 2.54. The molecule has 7 nitrogen and oxygen atoms in total. The van der Waals surface area contributed by atoms with E-state index in [0.29, 0.717) is 52.0 Å². The lowest BCUT2D eigenvalue weighted by atomic mass is 10.1. The van der Waals surface area contributed by atoms with Gasteiger partial charge in [0, 0.05) is 28.8 Å². The van der Waals surface area contributed by atoms with Crippen molar-refractivity contribution in [1.82, 2.24) is 4.98 Å². The zero-order chi connectivity index (χ0) is 22.4. The van der Waals surface area contributed by atoms with E-state index in [9.17, 15) is 4.79 Å². The van der Waals surface area contributed by atoms with Crippen LogP contribution in [0.5, 0.6) is 28.7 Å². The second-order valence-corrected chi connectivity index (χ2v) is 6.59. The van der Waals surface area contributed by atoms with Crippen LogP contribution in [0.2, 0.25) is 0 Å². The highest BCUT2D eigenvalue weighted by molar-refractivity contribution is 5.93. The van der Waals surface area contributed by atoms with Gasteiger partial charge in [-0.2, -0.15) is 0 Å². The van der Waals surface area contributed by atoms with Gasteiger partial charge in [0.05, 0.1) is 33.5 Å². The Morgan fingerprint density at radius 3 is 2.35 bits per heavy atom. The van der Waals surface area contributed by atoms with Gasteiger partial charge in [-0.1, -0.05) is 0 Å². The third kappa shape index (κ3) is 4.88. The van der Waals surface area contributed by atoms with Crippen molar-refractivity contribution in [1.29, 1.82) is 0 Å². The number of aromatic nitrogens is 1. The van der Waals surface area contributed by atoms with Crippen molar-refractivity contribution in [2.24, 2.45) is 0 Å². The standard InChI is InChI=1S/C24H25NO6/c1-6-30-24(26)15(2)11-16-12-17(27-3)7-8-20(16)31-21-9-10-25-19-14-23(29-5)22(28-4)13-18(19)21/h7-14H,6H2,1-5H3. The molecule has 0 radical (unpaired) electrons. The van der Waals surface area contributed by atoms with Gasteiger partial charge in [-0.25, -0.2) is 4.79 Å². The molecule has 0 aliphatic rings. The maximum absolute atomic E-state index is 12.1. The second-order valence-electron chi connectivity index (χ2n) is 6.59. The molecule has 3 rings (SSSR count). The first-order chi connectivity index (χ1) is 15.0. The van der Waals surface area contributed by atoms with Crippen LogP contribution in [0.3, 0.4) is 0 Å². The summed E-state index contributed by atoms with van der Waals surface area (Å²) in [6.45, 7) is 3.77. The number of esters is 1. The van der Waals surface area contributed by atoms with Crippen LogP contribution in [0, 0.1) is 0 Å². The Balaban J connectivity index is 2.07. The molecule has 0 aliphatic heterocycles. The molecule has 0 fully saturated rings. The SMILES string of the molecule is CCOC(=O)C(C)=Cc1cc(OC)ccc1Oc1ccnc2cc(OC)c(OC)cc12. The summed E-state index contributed by atoms with van der Waals surface area (Å²) in [5, 5.41) is 0.757. The normalized spacial score (nSPS) is 11.2. The highest BCUT2D eigenvalue weighted by Gasteiger charge is 2.14. The zero-order valence-corrected chi connectivity index (χ0v) is 18.2. The number of hydrogen-bond acceptors (Lipinski definition) is 7. The Morgan fingerprint density at radius 2 is 1.68 bits per heavy atom. The smallest absolute Gasteiger partial charge is 0.333 e. The molecule has 0 amide bonds. The average molecular weight is 423 g/mol. The molecule has 0 aliphatic carbocycles. The predicted molar refractivity (Wildman–Crippen MR) is 118 cm³/mol. The summed E-state index contributed by atoms with van der Waals surface area (Å²) in [7, 11) is 4.73. The van der Waals surface area contributed by atoms with E-state index >= 15 is 0 Å². The first-order valence-electron chi connectivity index (χ1n) is 9.72. The first-order valence-corrected chi connectivity index (χ1v) is 9.72.